The average molecular weight is 206 g/mol. The zero-order valence-electron chi connectivity index (χ0n) is 9.87. The average Bonchev–Trinajstić information content (AvgIpc) is 2.29. The predicted octanol–water partition coefficient (Wildman–Crippen LogP) is 3.31. The summed E-state index contributed by atoms with van der Waals surface area (Å²) in [5, 5.41) is 3.50. The maximum atomic E-state index is 4.41. The molecular formula is C13H22N2. The molecule has 2 nitrogen and oxygen atoms in total. The fourth-order valence-corrected chi connectivity index (χ4v) is 1.78. The Hall–Kier alpha value is -0.890. The van der Waals surface area contributed by atoms with E-state index in [4.69, 9.17) is 0 Å². The highest BCUT2D eigenvalue weighted by Gasteiger charge is 2.09. The van der Waals surface area contributed by atoms with Crippen LogP contribution in [-0.4, -0.2) is 11.5 Å². The quantitative estimate of drug-likeness (QED) is 0.692. The van der Waals surface area contributed by atoms with Crippen molar-refractivity contribution in [2.24, 2.45) is 0 Å². The van der Waals surface area contributed by atoms with Crippen molar-refractivity contribution in [3.8, 4) is 0 Å². The summed E-state index contributed by atoms with van der Waals surface area (Å²) in [7, 11) is 0. The molecule has 1 aromatic heterocycles. The van der Waals surface area contributed by atoms with E-state index in [9.17, 15) is 0 Å². The maximum absolute atomic E-state index is 4.41. The number of unbranched alkanes of at least 4 members (excludes halogenated alkanes) is 2. The molecule has 1 heterocycles. The van der Waals surface area contributed by atoms with Gasteiger partial charge in [0.2, 0.25) is 0 Å². The van der Waals surface area contributed by atoms with Crippen LogP contribution in [0.5, 0.6) is 0 Å². The summed E-state index contributed by atoms with van der Waals surface area (Å²) in [6.07, 6.45) is 6.94. The van der Waals surface area contributed by atoms with Gasteiger partial charge in [0.1, 0.15) is 0 Å². The molecule has 0 aliphatic carbocycles. The SMILES string of the molecule is CCCCCC(NCC)c1ccccn1. The first-order valence-electron chi connectivity index (χ1n) is 6.02. The van der Waals surface area contributed by atoms with Gasteiger partial charge in [0.25, 0.3) is 0 Å². The van der Waals surface area contributed by atoms with Gasteiger partial charge in [-0.3, -0.25) is 4.98 Å². The smallest absolute Gasteiger partial charge is 0.0573 e. The Kier molecular flexibility index (Phi) is 6.02. The van der Waals surface area contributed by atoms with Crippen LogP contribution in [0.1, 0.15) is 51.3 Å². The Labute approximate surface area is 93.1 Å². The summed E-state index contributed by atoms with van der Waals surface area (Å²) in [5.74, 6) is 0. The molecule has 1 unspecified atom stereocenters. The van der Waals surface area contributed by atoms with Gasteiger partial charge in [0, 0.05) is 12.2 Å². The van der Waals surface area contributed by atoms with Crippen LogP contribution in [0.25, 0.3) is 0 Å². The van der Waals surface area contributed by atoms with E-state index in [1.54, 1.807) is 0 Å². The van der Waals surface area contributed by atoms with E-state index in [0.717, 1.165) is 6.54 Å². The second-order valence-corrected chi connectivity index (χ2v) is 3.86. The second kappa shape index (κ2) is 7.41. The van der Waals surface area contributed by atoms with Crippen LogP contribution in [0.3, 0.4) is 0 Å². The molecule has 1 rings (SSSR count). The van der Waals surface area contributed by atoms with Gasteiger partial charge in [-0.15, -0.1) is 0 Å². The first-order valence-corrected chi connectivity index (χ1v) is 6.02. The predicted molar refractivity (Wildman–Crippen MR) is 64.8 cm³/mol. The van der Waals surface area contributed by atoms with Crippen molar-refractivity contribution in [2.75, 3.05) is 6.54 Å². The number of hydrogen-bond donors (Lipinski definition) is 1. The largest absolute Gasteiger partial charge is 0.309 e. The molecule has 1 N–H and O–H groups in total. The highest BCUT2D eigenvalue weighted by molar-refractivity contribution is 5.08. The van der Waals surface area contributed by atoms with Crippen LogP contribution >= 0.6 is 0 Å². The molecular weight excluding hydrogens is 184 g/mol. The third-order valence-electron chi connectivity index (χ3n) is 2.59. The van der Waals surface area contributed by atoms with Crippen LogP contribution in [0, 0.1) is 0 Å². The summed E-state index contributed by atoms with van der Waals surface area (Å²) >= 11 is 0. The van der Waals surface area contributed by atoms with Gasteiger partial charge in [-0.2, -0.15) is 0 Å². The van der Waals surface area contributed by atoms with Crippen molar-refractivity contribution in [1.29, 1.82) is 0 Å². The van der Waals surface area contributed by atoms with E-state index in [-0.39, 0.29) is 0 Å². The number of nitrogens with one attached hydrogen (secondary N) is 1. The summed E-state index contributed by atoms with van der Waals surface area (Å²) in [5.41, 5.74) is 1.18. The van der Waals surface area contributed by atoms with E-state index >= 15 is 0 Å². The Morgan fingerprint density at radius 1 is 1.27 bits per heavy atom. The minimum atomic E-state index is 0.433. The third kappa shape index (κ3) is 4.43. The highest BCUT2D eigenvalue weighted by atomic mass is 14.9. The van der Waals surface area contributed by atoms with Gasteiger partial charge in [-0.05, 0) is 25.1 Å². The van der Waals surface area contributed by atoms with Gasteiger partial charge in [-0.25, -0.2) is 0 Å². The lowest BCUT2D eigenvalue weighted by atomic mass is 10.0. The molecule has 0 aliphatic heterocycles. The van der Waals surface area contributed by atoms with Crippen LogP contribution in [-0.2, 0) is 0 Å². The number of nitrogens with zero attached hydrogens (tertiary/aromatic N) is 1. The molecule has 1 atom stereocenters. The van der Waals surface area contributed by atoms with Crippen molar-refractivity contribution >= 4 is 0 Å². The standard InChI is InChI=1S/C13H22N2/c1-3-5-6-9-12(14-4-2)13-10-7-8-11-15-13/h7-8,10-12,14H,3-6,9H2,1-2H3. The summed E-state index contributed by atoms with van der Waals surface area (Å²) in [6.45, 7) is 5.39. The van der Waals surface area contributed by atoms with Gasteiger partial charge in [0.05, 0.1) is 5.69 Å². The number of pyridine rings is 1. The summed E-state index contributed by atoms with van der Waals surface area (Å²) in [6, 6.07) is 6.58. The molecule has 1 aromatic rings. The molecule has 0 aliphatic rings. The zero-order chi connectivity index (χ0) is 10.9. The molecule has 15 heavy (non-hydrogen) atoms. The van der Waals surface area contributed by atoms with Gasteiger partial charge >= 0.3 is 0 Å². The fraction of sp³-hybridized carbons (Fsp3) is 0.615. The van der Waals surface area contributed by atoms with Crippen LogP contribution in [0.4, 0.5) is 0 Å². The second-order valence-electron chi connectivity index (χ2n) is 3.86. The van der Waals surface area contributed by atoms with Gasteiger partial charge in [0.15, 0.2) is 0 Å². The van der Waals surface area contributed by atoms with E-state index < -0.39 is 0 Å². The fourth-order valence-electron chi connectivity index (χ4n) is 1.78. The number of aromatic nitrogens is 1. The molecule has 0 radical (unpaired) electrons. The van der Waals surface area contributed by atoms with Crippen LogP contribution < -0.4 is 5.32 Å². The highest BCUT2D eigenvalue weighted by Crippen LogP contribution is 2.17. The van der Waals surface area contributed by atoms with Crippen LogP contribution in [0.2, 0.25) is 0 Å². The minimum Gasteiger partial charge on any atom is -0.309 e. The summed E-state index contributed by atoms with van der Waals surface area (Å²) in [4.78, 5) is 4.41. The maximum Gasteiger partial charge on any atom is 0.0573 e. The minimum absolute atomic E-state index is 0.433. The third-order valence-corrected chi connectivity index (χ3v) is 2.59. The van der Waals surface area contributed by atoms with Crippen molar-refractivity contribution in [3.63, 3.8) is 0 Å². The molecule has 0 aromatic carbocycles. The lowest BCUT2D eigenvalue weighted by molar-refractivity contribution is 0.477. The monoisotopic (exact) mass is 206 g/mol. The zero-order valence-corrected chi connectivity index (χ0v) is 9.87. The molecule has 0 amide bonds. The van der Waals surface area contributed by atoms with E-state index in [0.29, 0.717) is 6.04 Å². The van der Waals surface area contributed by atoms with E-state index in [1.165, 1.54) is 31.4 Å². The van der Waals surface area contributed by atoms with Gasteiger partial charge in [-0.1, -0.05) is 39.2 Å². The molecule has 0 saturated carbocycles. The van der Waals surface area contributed by atoms with Crippen molar-refractivity contribution in [1.82, 2.24) is 10.3 Å². The first-order chi connectivity index (χ1) is 7.38. The Bertz CT molecular complexity index is 246. The summed E-state index contributed by atoms with van der Waals surface area (Å²) < 4.78 is 0. The molecule has 0 saturated heterocycles. The molecule has 0 fully saturated rings. The number of rotatable bonds is 7. The topological polar surface area (TPSA) is 24.9 Å². The lowest BCUT2D eigenvalue weighted by Gasteiger charge is -2.16. The number of hydrogen-bond acceptors (Lipinski definition) is 2. The van der Waals surface area contributed by atoms with Gasteiger partial charge < -0.3 is 5.32 Å². The van der Waals surface area contributed by atoms with E-state index in [1.807, 2.05) is 12.3 Å². The van der Waals surface area contributed by atoms with Crippen molar-refractivity contribution in [2.45, 2.75) is 45.6 Å². The first kappa shape index (κ1) is 12.2. The Morgan fingerprint density at radius 2 is 2.13 bits per heavy atom. The van der Waals surface area contributed by atoms with E-state index in [2.05, 4.69) is 36.3 Å². The molecule has 84 valence electrons. The normalized spacial score (nSPS) is 12.7. The van der Waals surface area contributed by atoms with Crippen LogP contribution in [0.15, 0.2) is 24.4 Å². The lowest BCUT2D eigenvalue weighted by Crippen LogP contribution is -2.21. The Balaban J connectivity index is 2.50. The van der Waals surface area contributed by atoms with Crippen molar-refractivity contribution < 1.29 is 0 Å². The molecule has 2 heteroatoms. The van der Waals surface area contributed by atoms with Crippen molar-refractivity contribution in [3.05, 3.63) is 30.1 Å². The Morgan fingerprint density at radius 3 is 2.73 bits per heavy atom. The molecule has 0 spiro atoms. The molecule has 0 bridgehead atoms.